The highest BCUT2D eigenvalue weighted by Crippen LogP contribution is 2.27. The maximum Gasteiger partial charge on any atom is 0.307 e. The van der Waals surface area contributed by atoms with E-state index in [0.717, 1.165) is 4.31 Å². The van der Waals surface area contributed by atoms with E-state index in [0.29, 0.717) is 25.0 Å². The quantitative estimate of drug-likeness (QED) is 0.857. The maximum absolute atomic E-state index is 13.6. The minimum absolute atomic E-state index is 0.00451. The van der Waals surface area contributed by atoms with Crippen LogP contribution in [0.4, 0.5) is 13.2 Å². The third kappa shape index (κ3) is 2.88. The third-order valence-electron chi connectivity index (χ3n) is 3.35. The van der Waals surface area contributed by atoms with Crippen LogP contribution in [0.5, 0.6) is 0 Å². The van der Waals surface area contributed by atoms with Gasteiger partial charge in [-0.3, -0.25) is 4.79 Å². The minimum Gasteiger partial charge on any atom is -0.481 e. The molecule has 116 valence electrons. The highest BCUT2D eigenvalue weighted by atomic mass is 32.2. The van der Waals surface area contributed by atoms with Gasteiger partial charge in [-0.15, -0.1) is 0 Å². The molecule has 1 heterocycles. The number of hydrogen-bond donors (Lipinski definition) is 1. The molecule has 1 fully saturated rings. The molecule has 1 aromatic carbocycles. The molecular weight excluding hydrogens is 311 g/mol. The number of carboxylic acid groups (broad SMARTS) is 1. The molecular formula is C12H12F3NO4S. The van der Waals surface area contributed by atoms with Gasteiger partial charge in [0.15, 0.2) is 17.5 Å². The predicted molar refractivity (Wildman–Crippen MR) is 65.4 cm³/mol. The van der Waals surface area contributed by atoms with Gasteiger partial charge < -0.3 is 5.11 Å². The largest absolute Gasteiger partial charge is 0.481 e. The van der Waals surface area contributed by atoms with E-state index in [2.05, 4.69) is 0 Å². The number of carboxylic acids is 1. The summed E-state index contributed by atoms with van der Waals surface area (Å²) in [7, 11) is -4.41. The predicted octanol–water partition coefficient (Wildman–Crippen LogP) is 1.59. The molecule has 0 amide bonds. The van der Waals surface area contributed by atoms with Crippen molar-refractivity contribution in [1.29, 1.82) is 0 Å². The van der Waals surface area contributed by atoms with Crippen LogP contribution in [-0.4, -0.2) is 36.9 Å². The van der Waals surface area contributed by atoms with Crippen LogP contribution in [0, 0.1) is 23.4 Å². The van der Waals surface area contributed by atoms with Crippen LogP contribution in [0.25, 0.3) is 0 Å². The second-order valence-corrected chi connectivity index (χ2v) is 6.62. The first-order valence-electron chi connectivity index (χ1n) is 6.11. The fourth-order valence-electron chi connectivity index (χ4n) is 2.21. The molecule has 1 aromatic rings. The lowest BCUT2D eigenvalue weighted by Crippen LogP contribution is -2.42. The smallest absolute Gasteiger partial charge is 0.307 e. The summed E-state index contributed by atoms with van der Waals surface area (Å²) < 4.78 is 64.9. The first-order valence-corrected chi connectivity index (χ1v) is 7.55. The number of carbonyl (C=O) groups is 1. The van der Waals surface area contributed by atoms with Gasteiger partial charge in [0, 0.05) is 13.1 Å². The molecule has 0 spiro atoms. The van der Waals surface area contributed by atoms with Crippen molar-refractivity contribution in [3.63, 3.8) is 0 Å². The summed E-state index contributed by atoms with van der Waals surface area (Å²) >= 11 is 0. The lowest BCUT2D eigenvalue weighted by atomic mass is 10.0. The number of rotatable bonds is 3. The van der Waals surface area contributed by atoms with Crippen LogP contribution in [-0.2, 0) is 14.8 Å². The van der Waals surface area contributed by atoms with Gasteiger partial charge in [0.2, 0.25) is 10.0 Å². The maximum atomic E-state index is 13.6. The van der Waals surface area contributed by atoms with Gasteiger partial charge >= 0.3 is 5.97 Å². The van der Waals surface area contributed by atoms with Crippen LogP contribution in [0.3, 0.4) is 0 Å². The second kappa shape index (κ2) is 5.64. The number of hydrogen-bond acceptors (Lipinski definition) is 3. The Kier molecular flexibility index (Phi) is 4.24. The molecule has 0 aliphatic carbocycles. The van der Waals surface area contributed by atoms with E-state index in [1.165, 1.54) is 0 Å². The van der Waals surface area contributed by atoms with Crippen molar-refractivity contribution in [3.8, 4) is 0 Å². The minimum atomic E-state index is -4.41. The van der Waals surface area contributed by atoms with Gasteiger partial charge in [-0.1, -0.05) is 0 Å². The number of halogens is 3. The van der Waals surface area contributed by atoms with Crippen molar-refractivity contribution in [1.82, 2.24) is 4.31 Å². The van der Waals surface area contributed by atoms with Crippen molar-refractivity contribution < 1.29 is 31.5 Å². The van der Waals surface area contributed by atoms with Gasteiger partial charge in [-0.25, -0.2) is 21.6 Å². The average Bonchev–Trinajstić information content (AvgIpc) is 2.44. The Morgan fingerprint density at radius 1 is 1.24 bits per heavy atom. The van der Waals surface area contributed by atoms with Gasteiger partial charge in [0.05, 0.1) is 5.92 Å². The molecule has 0 unspecified atom stereocenters. The van der Waals surface area contributed by atoms with Gasteiger partial charge in [-0.05, 0) is 25.0 Å². The Morgan fingerprint density at radius 3 is 2.52 bits per heavy atom. The fraction of sp³-hybridized carbons (Fsp3) is 0.417. The summed E-state index contributed by atoms with van der Waals surface area (Å²) in [6, 6.07) is 1.15. The molecule has 9 heteroatoms. The molecule has 5 nitrogen and oxygen atoms in total. The lowest BCUT2D eigenvalue weighted by Gasteiger charge is -2.29. The summed E-state index contributed by atoms with van der Waals surface area (Å²) in [5, 5.41) is 8.92. The first kappa shape index (κ1) is 15.8. The SMILES string of the molecule is O=C(O)[C@@H]1CCCN(S(=O)(=O)c2ccc(F)c(F)c2F)C1. The highest BCUT2D eigenvalue weighted by Gasteiger charge is 2.35. The molecule has 0 saturated carbocycles. The molecule has 1 aliphatic heterocycles. The zero-order valence-corrected chi connectivity index (χ0v) is 11.5. The number of piperidine rings is 1. The Morgan fingerprint density at radius 2 is 1.90 bits per heavy atom. The molecule has 1 saturated heterocycles. The molecule has 0 radical (unpaired) electrons. The van der Waals surface area contributed by atoms with Gasteiger partial charge in [0.25, 0.3) is 0 Å². The van der Waals surface area contributed by atoms with E-state index in [4.69, 9.17) is 5.11 Å². The van der Waals surface area contributed by atoms with E-state index in [-0.39, 0.29) is 13.1 Å². The monoisotopic (exact) mass is 323 g/mol. The van der Waals surface area contributed by atoms with Crippen LogP contribution >= 0.6 is 0 Å². The molecule has 0 aromatic heterocycles. The summed E-state index contributed by atoms with van der Waals surface area (Å²) in [6.45, 7) is -0.319. The zero-order chi connectivity index (χ0) is 15.8. The van der Waals surface area contributed by atoms with E-state index in [1.807, 2.05) is 0 Å². The van der Waals surface area contributed by atoms with Crippen LogP contribution in [0.15, 0.2) is 17.0 Å². The fourth-order valence-corrected chi connectivity index (χ4v) is 3.79. The Labute approximate surface area is 119 Å². The van der Waals surface area contributed by atoms with Crippen LogP contribution in [0.2, 0.25) is 0 Å². The van der Waals surface area contributed by atoms with Crippen molar-refractivity contribution >= 4 is 16.0 Å². The number of nitrogens with zero attached hydrogens (tertiary/aromatic N) is 1. The topological polar surface area (TPSA) is 74.7 Å². The number of benzene rings is 1. The van der Waals surface area contributed by atoms with Crippen LogP contribution in [0.1, 0.15) is 12.8 Å². The Balaban J connectivity index is 2.38. The van der Waals surface area contributed by atoms with E-state index < -0.39 is 44.3 Å². The average molecular weight is 323 g/mol. The van der Waals surface area contributed by atoms with Crippen molar-refractivity contribution in [2.75, 3.05) is 13.1 Å². The van der Waals surface area contributed by atoms with Crippen molar-refractivity contribution in [2.45, 2.75) is 17.7 Å². The molecule has 1 N–H and O–H groups in total. The Bertz CT molecular complexity index is 677. The third-order valence-corrected chi connectivity index (χ3v) is 5.23. The van der Waals surface area contributed by atoms with E-state index in [9.17, 15) is 26.4 Å². The Hall–Kier alpha value is -1.61. The summed E-state index contributed by atoms with van der Waals surface area (Å²) in [6.07, 6.45) is 0.600. The molecule has 1 atom stereocenters. The normalized spacial score (nSPS) is 20.4. The summed E-state index contributed by atoms with van der Waals surface area (Å²) in [4.78, 5) is 9.93. The van der Waals surface area contributed by atoms with Gasteiger partial charge in [0.1, 0.15) is 4.90 Å². The van der Waals surface area contributed by atoms with E-state index in [1.54, 1.807) is 0 Å². The van der Waals surface area contributed by atoms with Crippen molar-refractivity contribution in [3.05, 3.63) is 29.6 Å². The highest BCUT2D eigenvalue weighted by molar-refractivity contribution is 7.89. The molecule has 21 heavy (non-hydrogen) atoms. The number of aliphatic carboxylic acids is 1. The zero-order valence-electron chi connectivity index (χ0n) is 10.7. The molecule has 0 bridgehead atoms. The lowest BCUT2D eigenvalue weighted by molar-refractivity contribution is -0.142. The second-order valence-electron chi connectivity index (χ2n) is 4.71. The molecule has 2 rings (SSSR count). The van der Waals surface area contributed by atoms with Crippen molar-refractivity contribution in [2.24, 2.45) is 5.92 Å². The number of sulfonamides is 1. The first-order chi connectivity index (χ1) is 9.75. The van der Waals surface area contributed by atoms with E-state index >= 15 is 0 Å². The summed E-state index contributed by atoms with van der Waals surface area (Å²) in [5.74, 6) is -7.22. The van der Waals surface area contributed by atoms with Gasteiger partial charge in [-0.2, -0.15) is 4.31 Å². The molecule has 1 aliphatic rings. The standard InChI is InChI=1S/C12H12F3NO4S/c13-8-3-4-9(11(15)10(8)14)21(19,20)16-5-1-2-7(6-16)12(17)18/h3-4,7H,1-2,5-6H2,(H,17,18)/t7-/m1/s1. The van der Waals surface area contributed by atoms with Crippen LogP contribution < -0.4 is 0 Å². The summed E-state index contributed by atoms with van der Waals surface area (Å²) in [5.41, 5.74) is 0.